The zero-order valence-corrected chi connectivity index (χ0v) is 17.6. The fraction of sp³-hybridized carbons (Fsp3) is 0.208. The average Bonchev–Trinajstić information content (AvgIpc) is 3.11. The Morgan fingerprint density at radius 1 is 0.968 bits per heavy atom. The molecule has 1 heterocycles. The first-order valence-electron chi connectivity index (χ1n) is 9.84. The minimum absolute atomic E-state index is 0.208. The second-order valence-electron chi connectivity index (χ2n) is 7.10. The van der Waals surface area contributed by atoms with Gasteiger partial charge in [-0.05, 0) is 44.5 Å². The van der Waals surface area contributed by atoms with E-state index < -0.39 is 18.5 Å². The van der Waals surface area contributed by atoms with Crippen LogP contribution in [0.2, 0.25) is 0 Å². The minimum Gasteiger partial charge on any atom is -0.466 e. The molecule has 2 amide bonds. The molecular weight excluding hydrogens is 396 g/mol. The summed E-state index contributed by atoms with van der Waals surface area (Å²) in [5, 5.41) is 5.55. The largest absolute Gasteiger partial charge is 0.466 e. The van der Waals surface area contributed by atoms with E-state index in [1.54, 1.807) is 44.2 Å². The van der Waals surface area contributed by atoms with E-state index in [-0.39, 0.29) is 17.5 Å². The number of rotatable bonds is 7. The minimum atomic E-state index is -0.646. The van der Waals surface area contributed by atoms with Gasteiger partial charge in [0.2, 0.25) is 0 Å². The molecule has 0 aliphatic heterocycles. The monoisotopic (exact) mass is 420 g/mol. The van der Waals surface area contributed by atoms with Crippen LogP contribution < -0.4 is 10.6 Å². The summed E-state index contributed by atoms with van der Waals surface area (Å²) in [6, 6.07) is 17.6. The van der Waals surface area contributed by atoms with E-state index in [2.05, 4.69) is 10.6 Å². The van der Waals surface area contributed by atoms with Gasteiger partial charge >= 0.3 is 5.97 Å². The Balaban J connectivity index is 1.62. The molecule has 1 atom stereocenters. The highest BCUT2D eigenvalue weighted by Gasteiger charge is 2.18. The molecule has 0 unspecified atom stereocenters. The second kappa shape index (κ2) is 9.75. The van der Waals surface area contributed by atoms with E-state index >= 15 is 0 Å². The first kappa shape index (κ1) is 21.8. The van der Waals surface area contributed by atoms with E-state index in [0.29, 0.717) is 22.8 Å². The number of aryl methyl sites for hydroxylation is 2. The maximum Gasteiger partial charge on any atom is 0.342 e. The van der Waals surface area contributed by atoms with Crippen molar-refractivity contribution in [1.29, 1.82) is 0 Å². The van der Waals surface area contributed by atoms with Gasteiger partial charge in [-0.3, -0.25) is 9.59 Å². The fourth-order valence-corrected chi connectivity index (χ4v) is 3.12. The van der Waals surface area contributed by atoms with Crippen LogP contribution in [0.3, 0.4) is 0 Å². The number of furan rings is 1. The van der Waals surface area contributed by atoms with Crippen LogP contribution in [0.4, 0.5) is 5.69 Å². The standard InChI is InChI=1S/C24H24N2O5/c1-15-13-20(17(3)31-15)24(29)30-14-22(27)26-21-12-8-7-11-19(21)23(28)25-16(2)18-9-5-4-6-10-18/h4-13,16H,14H2,1-3H3,(H,25,28)(H,26,27)/t16-/m1/s1. The molecule has 0 radical (unpaired) electrons. The topological polar surface area (TPSA) is 97.6 Å². The number of hydrogen-bond donors (Lipinski definition) is 2. The maximum absolute atomic E-state index is 12.8. The number of carbonyl (C=O) groups is 3. The molecule has 0 saturated heterocycles. The molecule has 0 aliphatic carbocycles. The Morgan fingerprint density at radius 2 is 1.65 bits per heavy atom. The Bertz CT molecular complexity index is 1090. The Kier molecular flexibility index (Phi) is 6.87. The number of benzene rings is 2. The van der Waals surface area contributed by atoms with Gasteiger partial charge < -0.3 is 19.8 Å². The van der Waals surface area contributed by atoms with Crippen molar-refractivity contribution in [2.75, 3.05) is 11.9 Å². The van der Waals surface area contributed by atoms with E-state index in [9.17, 15) is 14.4 Å². The normalized spacial score (nSPS) is 11.5. The molecule has 2 N–H and O–H groups in total. The predicted octanol–water partition coefficient (Wildman–Crippen LogP) is 4.18. The lowest BCUT2D eigenvalue weighted by molar-refractivity contribution is -0.119. The fourth-order valence-electron chi connectivity index (χ4n) is 3.12. The van der Waals surface area contributed by atoms with Crippen molar-refractivity contribution in [3.05, 3.63) is 88.9 Å². The lowest BCUT2D eigenvalue weighted by Gasteiger charge is -2.16. The van der Waals surface area contributed by atoms with Crippen LogP contribution in [-0.4, -0.2) is 24.4 Å². The van der Waals surface area contributed by atoms with Crippen LogP contribution in [0.25, 0.3) is 0 Å². The molecule has 2 aromatic carbocycles. The van der Waals surface area contributed by atoms with Gasteiger partial charge in [-0.2, -0.15) is 0 Å². The third-order valence-electron chi connectivity index (χ3n) is 4.69. The Hall–Kier alpha value is -3.87. The summed E-state index contributed by atoms with van der Waals surface area (Å²) >= 11 is 0. The lowest BCUT2D eigenvalue weighted by atomic mass is 10.1. The highest BCUT2D eigenvalue weighted by molar-refractivity contribution is 6.04. The van der Waals surface area contributed by atoms with E-state index in [0.717, 1.165) is 5.56 Å². The van der Waals surface area contributed by atoms with Gasteiger partial charge in [0, 0.05) is 0 Å². The first-order chi connectivity index (χ1) is 14.8. The third kappa shape index (κ3) is 5.60. The van der Waals surface area contributed by atoms with Crippen molar-refractivity contribution in [2.24, 2.45) is 0 Å². The predicted molar refractivity (Wildman–Crippen MR) is 116 cm³/mol. The highest BCUT2D eigenvalue weighted by Crippen LogP contribution is 2.18. The van der Waals surface area contributed by atoms with Gasteiger partial charge in [0.05, 0.1) is 17.3 Å². The van der Waals surface area contributed by atoms with Crippen molar-refractivity contribution in [2.45, 2.75) is 26.8 Å². The lowest BCUT2D eigenvalue weighted by Crippen LogP contribution is -2.28. The van der Waals surface area contributed by atoms with Crippen molar-refractivity contribution in [3.63, 3.8) is 0 Å². The number of hydrogen-bond acceptors (Lipinski definition) is 5. The summed E-state index contributed by atoms with van der Waals surface area (Å²) in [5.41, 5.74) is 1.89. The number of anilines is 1. The van der Waals surface area contributed by atoms with Crippen molar-refractivity contribution in [3.8, 4) is 0 Å². The van der Waals surface area contributed by atoms with Crippen molar-refractivity contribution in [1.82, 2.24) is 5.32 Å². The second-order valence-corrected chi connectivity index (χ2v) is 7.10. The molecule has 0 fully saturated rings. The van der Waals surface area contributed by atoms with Gasteiger partial charge in [-0.1, -0.05) is 42.5 Å². The van der Waals surface area contributed by atoms with Crippen LogP contribution in [0.5, 0.6) is 0 Å². The number of amides is 2. The van der Waals surface area contributed by atoms with Crippen LogP contribution in [0.15, 0.2) is 65.1 Å². The molecule has 0 aliphatic rings. The number of ether oxygens (including phenoxy) is 1. The molecule has 3 aromatic rings. The zero-order chi connectivity index (χ0) is 22.4. The van der Waals surface area contributed by atoms with Crippen LogP contribution >= 0.6 is 0 Å². The average molecular weight is 420 g/mol. The molecule has 0 saturated carbocycles. The van der Waals surface area contributed by atoms with Gasteiger partial charge in [0.25, 0.3) is 11.8 Å². The van der Waals surface area contributed by atoms with E-state index in [4.69, 9.17) is 9.15 Å². The smallest absolute Gasteiger partial charge is 0.342 e. The summed E-state index contributed by atoms with van der Waals surface area (Å²) in [6.07, 6.45) is 0. The SMILES string of the molecule is Cc1cc(C(=O)OCC(=O)Nc2ccccc2C(=O)N[C@H](C)c2ccccc2)c(C)o1. The summed E-state index contributed by atoms with van der Waals surface area (Å²) in [5.74, 6) is -0.514. The van der Waals surface area contributed by atoms with Crippen LogP contribution in [0, 0.1) is 13.8 Å². The summed E-state index contributed by atoms with van der Waals surface area (Å²) in [6.45, 7) is 4.76. The highest BCUT2D eigenvalue weighted by atomic mass is 16.5. The maximum atomic E-state index is 12.8. The molecule has 0 bridgehead atoms. The van der Waals surface area contributed by atoms with Gasteiger partial charge in [0.15, 0.2) is 6.61 Å². The molecule has 0 spiro atoms. The number of nitrogens with one attached hydrogen (secondary N) is 2. The summed E-state index contributed by atoms with van der Waals surface area (Å²) in [4.78, 5) is 37.2. The van der Waals surface area contributed by atoms with Gasteiger partial charge in [0.1, 0.15) is 17.1 Å². The molecular formula is C24H24N2O5. The molecule has 1 aromatic heterocycles. The van der Waals surface area contributed by atoms with Crippen LogP contribution in [0.1, 0.15) is 50.8 Å². The van der Waals surface area contributed by atoms with Crippen molar-refractivity contribution >= 4 is 23.5 Å². The molecule has 7 heteroatoms. The Morgan fingerprint density at radius 3 is 2.32 bits per heavy atom. The van der Waals surface area contributed by atoms with E-state index in [1.807, 2.05) is 37.3 Å². The molecule has 3 rings (SSSR count). The molecule has 160 valence electrons. The zero-order valence-electron chi connectivity index (χ0n) is 17.6. The Labute approximate surface area is 180 Å². The molecule has 31 heavy (non-hydrogen) atoms. The van der Waals surface area contributed by atoms with Gasteiger partial charge in [-0.25, -0.2) is 4.79 Å². The summed E-state index contributed by atoms with van der Waals surface area (Å²) < 4.78 is 10.4. The quantitative estimate of drug-likeness (QED) is 0.559. The number of para-hydroxylation sites is 1. The molecule has 7 nitrogen and oxygen atoms in total. The third-order valence-corrected chi connectivity index (χ3v) is 4.69. The van der Waals surface area contributed by atoms with E-state index in [1.165, 1.54) is 0 Å². The number of carbonyl (C=O) groups excluding carboxylic acids is 3. The van der Waals surface area contributed by atoms with Crippen LogP contribution in [-0.2, 0) is 9.53 Å². The van der Waals surface area contributed by atoms with Gasteiger partial charge in [-0.15, -0.1) is 0 Å². The summed E-state index contributed by atoms with van der Waals surface area (Å²) in [7, 11) is 0. The number of esters is 1. The first-order valence-corrected chi connectivity index (χ1v) is 9.84. The van der Waals surface area contributed by atoms with Crippen molar-refractivity contribution < 1.29 is 23.5 Å².